The number of fused-ring (bicyclic) bond motifs is 3. The first-order valence-corrected chi connectivity index (χ1v) is 9.99. The predicted molar refractivity (Wildman–Crippen MR) is 100 cm³/mol. The molecule has 1 atom stereocenters. The van der Waals surface area contributed by atoms with Crippen LogP contribution >= 0.6 is 11.3 Å². The van der Waals surface area contributed by atoms with E-state index in [1.54, 1.807) is 24.8 Å². The standard InChI is InChI=1S/C18H26N4O2S/c1-24-8-2-6-21-7-4-13(10-21)11-22-12-20-17-16(18(22)23)14-3-5-19-9-15(14)25-17/h12-13,19H,2-11H2,1H3. The molecule has 0 aliphatic carbocycles. The molecule has 0 saturated carbocycles. The fraction of sp³-hybridized carbons (Fsp3) is 0.667. The van der Waals surface area contributed by atoms with Crippen LogP contribution in [0, 0.1) is 5.92 Å². The van der Waals surface area contributed by atoms with Gasteiger partial charge in [-0.15, -0.1) is 11.3 Å². The van der Waals surface area contributed by atoms with E-state index in [0.717, 1.165) is 75.4 Å². The average Bonchev–Trinajstić information content (AvgIpc) is 3.22. The molecule has 6 nitrogen and oxygen atoms in total. The number of thiophene rings is 1. The molecule has 0 radical (unpaired) electrons. The minimum atomic E-state index is 0.155. The van der Waals surface area contributed by atoms with Gasteiger partial charge in [0.05, 0.1) is 11.7 Å². The highest BCUT2D eigenvalue weighted by molar-refractivity contribution is 7.18. The number of hydrogen-bond acceptors (Lipinski definition) is 6. The van der Waals surface area contributed by atoms with Crippen LogP contribution in [-0.2, 0) is 24.2 Å². The summed E-state index contributed by atoms with van der Waals surface area (Å²) in [5.74, 6) is 0.538. The van der Waals surface area contributed by atoms with E-state index in [1.807, 2.05) is 4.57 Å². The van der Waals surface area contributed by atoms with Gasteiger partial charge in [0.2, 0.25) is 0 Å². The Labute approximate surface area is 151 Å². The van der Waals surface area contributed by atoms with Crippen LogP contribution in [0.2, 0.25) is 0 Å². The zero-order valence-electron chi connectivity index (χ0n) is 14.8. The van der Waals surface area contributed by atoms with Crippen molar-refractivity contribution in [2.24, 2.45) is 5.92 Å². The normalized spacial score (nSPS) is 21.1. The van der Waals surface area contributed by atoms with Crippen molar-refractivity contribution >= 4 is 21.6 Å². The fourth-order valence-corrected chi connectivity index (χ4v) is 5.20. The Hall–Kier alpha value is -1.28. The molecule has 7 heteroatoms. The van der Waals surface area contributed by atoms with Gasteiger partial charge >= 0.3 is 0 Å². The number of ether oxygens (including phenoxy) is 1. The Morgan fingerprint density at radius 3 is 3.28 bits per heavy atom. The zero-order chi connectivity index (χ0) is 17.2. The highest BCUT2D eigenvalue weighted by Crippen LogP contribution is 2.29. The molecule has 2 aliphatic rings. The Bertz CT molecular complexity index is 800. The van der Waals surface area contributed by atoms with Crippen molar-refractivity contribution in [2.45, 2.75) is 32.4 Å². The lowest BCUT2D eigenvalue weighted by Crippen LogP contribution is -2.28. The van der Waals surface area contributed by atoms with Crippen molar-refractivity contribution in [2.75, 3.05) is 39.9 Å². The fourth-order valence-electron chi connectivity index (χ4n) is 4.06. The maximum atomic E-state index is 13.0. The highest BCUT2D eigenvalue weighted by Gasteiger charge is 2.24. The Morgan fingerprint density at radius 1 is 1.48 bits per heavy atom. The van der Waals surface area contributed by atoms with Gasteiger partial charge in [-0.2, -0.15) is 0 Å². The van der Waals surface area contributed by atoms with E-state index in [4.69, 9.17) is 4.74 Å². The van der Waals surface area contributed by atoms with Crippen LogP contribution in [0.3, 0.4) is 0 Å². The molecule has 136 valence electrons. The topological polar surface area (TPSA) is 59.4 Å². The lowest BCUT2D eigenvalue weighted by atomic mass is 10.1. The number of aromatic nitrogens is 2. The van der Waals surface area contributed by atoms with E-state index in [9.17, 15) is 4.79 Å². The van der Waals surface area contributed by atoms with Gasteiger partial charge in [-0.1, -0.05) is 0 Å². The van der Waals surface area contributed by atoms with Gasteiger partial charge in [0.15, 0.2) is 0 Å². The number of rotatable bonds is 6. The molecule has 2 aromatic heterocycles. The quantitative estimate of drug-likeness (QED) is 0.789. The Balaban J connectivity index is 1.49. The van der Waals surface area contributed by atoms with Crippen LogP contribution in [0.4, 0.5) is 0 Å². The number of hydrogen-bond donors (Lipinski definition) is 1. The molecule has 1 saturated heterocycles. The third-order valence-corrected chi connectivity index (χ3v) is 6.49. The van der Waals surface area contributed by atoms with Gasteiger partial charge < -0.3 is 15.0 Å². The highest BCUT2D eigenvalue weighted by atomic mass is 32.1. The lowest BCUT2D eigenvalue weighted by molar-refractivity contribution is 0.178. The first kappa shape index (κ1) is 17.1. The molecule has 4 rings (SSSR count). The second kappa shape index (κ2) is 7.53. The van der Waals surface area contributed by atoms with Crippen LogP contribution in [-0.4, -0.2) is 54.3 Å². The summed E-state index contributed by atoms with van der Waals surface area (Å²) in [5.41, 5.74) is 1.39. The summed E-state index contributed by atoms with van der Waals surface area (Å²) in [5, 5.41) is 4.25. The molecular weight excluding hydrogens is 336 g/mol. The molecule has 0 spiro atoms. The van der Waals surface area contributed by atoms with Gasteiger partial charge in [-0.05, 0) is 43.8 Å². The third kappa shape index (κ3) is 3.51. The monoisotopic (exact) mass is 362 g/mol. The van der Waals surface area contributed by atoms with Crippen molar-refractivity contribution in [3.63, 3.8) is 0 Å². The molecule has 1 unspecified atom stereocenters. The maximum Gasteiger partial charge on any atom is 0.262 e. The average molecular weight is 362 g/mol. The van der Waals surface area contributed by atoms with Crippen molar-refractivity contribution in [1.29, 1.82) is 0 Å². The van der Waals surface area contributed by atoms with Gasteiger partial charge in [-0.3, -0.25) is 9.36 Å². The maximum absolute atomic E-state index is 13.0. The SMILES string of the molecule is COCCCN1CCC(Cn2cnc3sc4c(c3c2=O)CCNC4)C1. The van der Waals surface area contributed by atoms with Gasteiger partial charge in [0, 0.05) is 44.8 Å². The third-order valence-electron chi connectivity index (χ3n) is 5.35. The van der Waals surface area contributed by atoms with Crippen LogP contribution in [0.5, 0.6) is 0 Å². The lowest BCUT2D eigenvalue weighted by Gasteiger charge is -2.16. The Morgan fingerprint density at radius 2 is 2.40 bits per heavy atom. The van der Waals surface area contributed by atoms with Crippen LogP contribution in [0.25, 0.3) is 10.2 Å². The second-order valence-corrected chi connectivity index (χ2v) is 8.20. The van der Waals surface area contributed by atoms with E-state index in [-0.39, 0.29) is 5.56 Å². The molecule has 1 fully saturated rings. The largest absolute Gasteiger partial charge is 0.385 e. The first-order valence-electron chi connectivity index (χ1n) is 9.18. The van der Waals surface area contributed by atoms with Crippen molar-refractivity contribution in [3.05, 3.63) is 27.1 Å². The van der Waals surface area contributed by atoms with Crippen LogP contribution in [0.1, 0.15) is 23.3 Å². The van der Waals surface area contributed by atoms with Crippen LogP contribution < -0.4 is 10.9 Å². The molecule has 0 aromatic carbocycles. The Kier molecular flexibility index (Phi) is 5.17. The molecule has 0 amide bonds. The second-order valence-electron chi connectivity index (χ2n) is 7.11. The zero-order valence-corrected chi connectivity index (χ0v) is 15.6. The van der Waals surface area contributed by atoms with Gasteiger partial charge in [-0.25, -0.2) is 4.98 Å². The smallest absolute Gasteiger partial charge is 0.262 e. The molecule has 1 N–H and O–H groups in total. The summed E-state index contributed by atoms with van der Waals surface area (Å²) in [6.45, 7) is 6.70. The summed E-state index contributed by atoms with van der Waals surface area (Å²) in [6.07, 6.45) is 4.93. The molecule has 2 aromatic rings. The minimum absolute atomic E-state index is 0.155. The summed E-state index contributed by atoms with van der Waals surface area (Å²) < 4.78 is 6.98. The van der Waals surface area contributed by atoms with E-state index in [1.165, 1.54) is 10.4 Å². The first-order chi connectivity index (χ1) is 12.3. The predicted octanol–water partition coefficient (Wildman–Crippen LogP) is 1.46. The number of likely N-dealkylation sites (tertiary alicyclic amines) is 1. The van der Waals surface area contributed by atoms with Gasteiger partial charge in [0.1, 0.15) is 4.83 Å². The summed E-state index contributed by atoms with van der Waals surface area (Å²) in [4.78, 5) is 22.3. The van der Waals surface area contributed by atoms with Crippen molar-refractivity contribution in [1.82, 2.24) is 19.8 Å². The van der Waals surface area contributed by atoms with Crippen molar-refractivity contribution < 1.29 is 4.74 Å². The van der Waals surface area contributed by atoms with Crippen molar-refractivity contribution in [3.8, 4) is 0 Å². The number of methoxy groups -OCH3 is 1. The molecule has 2 aliphatic heterocycles. The van der Waals surface area contributed by atoms with E-state index < -0.39 is 0 Å². The number of nitrogens with zero attached hydrogens (tertiary/aromatic N) is 3. The number of nitrogens with one attached hydrogen (secondary N) is 1. The molecule has 0 bridgehead atoms. The molecule has 4 heterocycles. The van der Waals surface area contributed by atoms with Crippen LogP contribution in [0.15, 0.2) is 11.1 Å². The molecule has 25 heavy (non-hydrogen) atoms. The molecular formula is C18H26N4O2S. The van der Waals surface area contributed by atoms with E-state index >= 15 is 0 Å². The van der Waals surface area contributed by atoms with Gasteiger partial charge in [0.25, 0.3) is 5.56 Å². The minimum Gasteiger partial charge on any atom is -0.385 e. The van der Waals surface area contributed by atoms with E-state index in [2.05, 4.69) is 15.2 Å². The summed E-state index contributed by atoms with van der Waals surface area (Å²) >= 11 is 1.67. The summed E-state index contributed by atoms with van der Waals surface area (Å²) in [6, 6.07) is 0. The van der Waals surface area contributed by atoms with E-state index in [0.29, 0.717) is 5.92 Å². The summed E-state index contributed by atoms with van der Waals surface area (Å²) in [7, 11) is 1.75.